The zero-order valence-corrected chi connectivity index (χ0v) is 22.5. The zero-order valence-electron chi connectivity index (χ0n) is 21.0. The average molecular weight is 581 g/mol. The fraction of sp³-hybridized carbons (Fsp3) is 0.520. The number of imidazole rings is 1. The van der Waals surface area contributed by atoms with Gasteiger partial charge in [-0.25, -0.2) is 19.7 Å². The maximum absolute atomic E-state index is 12.5. The van der Waals surface area contributed by atoms with E-state index in [-0.39, 0.29) is 5.82 Å². The fourth-order valence-corrected chi connectivity index (χ4v) is 5.34. The van der Waals surface area contributed by atoms with Crippen molar-refractivity contribution in [1.82, 2.24) is 24.4 Å². The van der Waals surface area contributed by atoms with Crippen LogP contribution in [-0.4, -0.2) is 83.8 Å². The van der Waals surface area contributed by atoms with Crippen LogP contribution in [0.2, 0.25) is 10.0 Å². The summed E-state index contributed by atoms with van der Waals surface area (Å²) in [4.78, 5) is 27.5. The van der Waals surface area contributed by atoms with Crippen LogP contribution in [0.15, 0.2) is 24.5 Å². The van der Waals surface area contributed by atoms with Crippen LogP contribution >= 0.6 is 23.2 Å². The zero-order chi connectivity index (χ0) is 27.7. The lowest BCUT2D eigenvalue weighted by Gasteiger charge is -2.31. The van der Waals surface area contributed by atoms with Crippen molar-refractivity contribution in [1.29, 1.82) is 0 Å². The molecule has 12 nitrogen and oxygen atoms in total. The number of hydrogen-bond acceptors (Lipinski definition) is 10. The number of amides is 1. The van der Waals surface area contributed by atoms with Crippen molar-refractivity contribution in [2.45, 2.75) is 56.6 Å². The molecule has 0 saturated carbocycles. The lowest BCUT2D eigenvalue weighted by molar-refractivity contribution is -0.0511. The van der Waals surface area contributed by atoms with Crippen LogP contribution in [0.4, 0.5) is 10.6 Å². The summed E-state index contributed by atoms with van der Waals surface area (Å²) in [5, 5.41) is 30.6. The number of benzene rings is 1. The van der Waals surface area contributed by atoms with Gasteiger partial charge in [-0.05, 0) is 43.7 Å². The number of nitrogens with zero attached hydrogens (tertiary/aromatic N) is 5. The summed E-state index contributed by atoms with van der Waals surface area (Å²) in [5.41, 5.74) is 6.89. The van der Waals surface area contributed by atoms with E-state index in [1.165, 1.54) is 17.0 Å². The van der Waals surface area contributed by atoms with Gasteiger partial charge in [0.15, 0.2) is 17.7 Å². The number of anilines is 1. The van der Waals surface area contributed by atoms with Gasteiger partial charge < -0.3 is 35.4 Å². The summed E-state index contributed by atoms with van der Waals surface area (Å²) in [7, 11) is 0. The van der Waals surface area contributed by atoms with Gasteiger partial charge in [0.1, 0.15) is 35.4 Å². The van der Waals surface area contributed by atoms with E-state index in [1.54, 1.807) is 17.0 Å². The van der Waals surface area contributed by atoms with E-state index in [1.807, 2.05) is 0 Å². The SMILES string of the molecule is Nc1nc(CCCC2CCN(C(=O)Oc3ccc(Cl)c(Cl)c3)CC2)nc2c1ncn2[C@@H]1O[C@H](CO)[C@@H](O)[C@H]1O. The Labute approximate surface area is 234 Å². The minimum Gasteiger partial charge on any atom is -0.410 e. The number of fused-ring (bicyclic) bond motifs is 1. The molecular weight excluding hydrogens is 551 g/mol. The topological polar surface area (TPSA) is 169 Å². The van der Waals surface area contributed by atoms with Crippen molar-refractivity contribution in [2.75, 3.05) is 25.4 Å². The van der Waals surface area contributed by atoms with Gasteiger partial charge >= 0.3 is 6.09 Å². The lowest BCUT2D eigenvalue weighted by Crippen LogP contribution is -2.40. The number of likely N-dealkylation sites (tertiary alicyclic amines) is 1. The minimum atomic E-state index is -1.26. The summed E-state index contributed by atoms with van der Waals surface area (Å²) in [5.74, 6) is 1.56. The molecule has 1 amide bonds. The Balaban J connectivity index is 1.14. The second kappa shape index (κ2) is 11.8. The first kappa shape index (κ1) is 27.8. The van der Waals surface area contributed by atoms with Crippen LogP contribution in [0.1, 0.15) is 37.7 Å². The molecule has 2 aliphatic heterocycles. The largest absolute Gasteiger partial charge is 0.415 e. The van der Waals surface area contributed by atoms with Crippen molar-refractivity contribution in [2.24, 2.45) is 5.92 Å². The quantitative estimate of drug-likeness (QED) is 0.325. The molecule has 5 N–H and O–H groups in total. The standard InChI is InChI=1S/C25H30Cl2N6O6/c26-15-5-4-14(10-16(15)27)38-25(37)32-8-6-13(7-9-32)2-1-3-18-30-22(28)19-23(31-18)33(12-29-19)24-21(36)20(35)17(11-34)39-24/h4-5,10,12-13,17,20-21,24,34-36H,1-3,6-9,11H2,(H2,28,30,31)/t17-,20-,21-,24-/m1/s1. The molecule has 2 aromatic heterocycles. The van der Waals surface area contributed by atoms with Crippen LogP contribution in [0.3, 0.4) is 0 Å². The molecule has 2 saturated heterocycles. The number of nitrogen functional groups attached to an aromatic ring is 1. The predicted octanol–water partition coefficient (Wildman–Crippen LogP) is 2.56. The Kier molecular flexibility index (Phi) is 8.40. The fourth-order valence-electron chi connectivity index (χ4n) is 5.05. The number of carbonyl (C=O) groups is 1. The Morgan fingerprint density at radius 1 is 1.15 bits per heavy atom. The second-order valence-corrected chi connectivity index (χ2v) is 10.7. The third kappa shape index (κ3) is 5.91. The maximum Gasteiger partial charge on any atom is 0.415 e. The number of piperidine rings is 1. The number of carbonyl (C=O) groups excluding carboxylic acids is 1. The van der Waals surface area contributed by atoms with Gasteiger partial charge in [0.2, 0.25) is 0 Å². The van der Waals surface area contributed by atoms with Crippen LogP contribution < -0.4 is 10.5 Å². The van der Waals surface area contributed by atoms with Gasteiger partial charge in [-0.2, -0.15) is 0 Å². The number of aryl methyl sites for hydroxylation is 1. The van der Waals surface area contributed by atoms with Gasteiger partial charge in [-0.3, -0.25) is 4.57 Å². The molecule has 3 aromatic rings. The molecule has 210 valence electrons. The molecule has 4 heterocycles. The van der Waals surface area contributed by atoms with Gasteiger partial charge in [0.05, 0.1) is 23.0 Å². The number of halogens is 2. The monoisotopic (exact) mass is 580 g/mol. The van der Waals surface area contributed by atoms with Crippen molar-refractivity contribution < 1.29 is 29.6 Å². The van der Waals surface area contributed by atoms with Crippen LogP contribution in [0, 0.1) is 5.92 Å². The summed E-state index contributed by atoms with van der Waals surface area (Å²) in [6, 6.07) is 4.71. The molecule has 0 spiro atoms. The number of hydrogen-bond donors (Lipinski definition) is 4. The van der Waals surface area contributed by atoms with Crippen molar-refractivity contribution in [3.63, 3.8) is 0 Å². The maximum atomic E-state index is 12.5. The molecule has 14 heteroatoms. The smallest absolute Gasteiger partial charge is 0.410 e. The molecule has 39 heavy (non-hydrogen) atoms. The summed E-state index contributed by atoms with van der Waals surface area (Å²) < 4.78 is 12.6. The lowest BCUT2D eigenvalue weighted by atomic mass is 9.91. The van der Waals surface area contributed by atoms with Crippen LogP contribution in [0.25, 0.3) is 11.2 Å². The summed E-state index contributed by atoms with van der Waals surface area (Å²) >= 11 is 11.9. The van der Waals surface area contributed by atoms with Crippen molar-refractivity contribution >= 4 is 46.3 Å². The molecule has 2 fully saturated rings. The van der Waals surface area contributed by atoms with E-state index in [0.29, 0.717) is 58.2 Å². The van der Waals surface area contributed by atoms with Gasteiger partial charge in [0.25, 0.3) is 0 Å². The molecule has 5 rings (SSSR count). The molecular formula is C25H30Cl2N6O6. The van der Waals surface area contributed by atoms with E-state index in [4.69, 9.17) is 38.4 Å². The third-order valence-electron chi connectivity index (χ3n) is 7.27. The number of ether oxygens (including phenoxy) is 2. The van der Waals surface area contributed by atoms with E-state index >= 15 is 0 Å². The van der Waals surface area contributed by atoms with E-state index in [0.717, 1.165) is 25.7 Å². The van der Waals surface area contributed by atoms with Crippen molar-refractivity contribution in [3.05, 3.63) is 40.4 Å². The molecule has 1 aromatic carbocycles. The van der Waals surface area contributed by atoms with E-state index in [9.17, 15) is 20.1 Å². The van der Waals surface area contributed by atoms with Crippen LogP contribution in [0.5, 0.6) is 5.75 Å². The number of rotatable bonds is 7. The highest BCUT2D eigenvalue weighted by atomic mass is 35.5. The van der Waals surface area contributed by atoms with Gasteiger partial charge in [-0.15, -0.1) is 0 Å². The molecule has 0 radical (unpaired) electrons. The van der Waals surface area contributed by atoms with E-state index < -0.39 is 37.2 Å². The number of aromatic nitrogens is 4. The molecule has 4 atom stereocenters. The van der Waals surface area contributed by atoms with Crippen molar-refractivity contribution in [3.8, 4) is 5.75 Å². The molecule has 2 aliphatic rings. The molecule has 0 aliphatic carbocycles. The van der Waals surface area contributed by atoms with Gasteiger partial charge in [-0.1, -0.05) is 23.2 Å². The summed E-state index contributed by atoms with van der Waals surface area (Å²) in [6.45, 7) is 0.773. The normalized spacial score (nSPS) is 24.0. The second-order valence-electron chi connectivity index (χ2n) is 9.84. The predicted molar refractivity (Wildman–Crippen MR) is 142 cm³/mol. The first-order valence-corrected chi connectivity index (χ1v) is 13.5. The Morgan fingerprint density at radius 3 is 2.62 bits per heavy atom. The van der Waals surface area contributed by atoms with Gasteiger partial charge in [0, 0.05) is 25.6 Å². The summed E-state index contributed by atoms with van der Waals surface area (Å²) in [6.07, 6.45) is 0.717. The minimum absolute atomic E-state index is 0.217. The highest BCUT2D eigenvalue weighted by Gasteiger charge is 2.44. The third-order valence-corrected chi connectivity index (χ3v) is 8.01. The highest BCUT2D eigenvalue weighted by molar-refractivity contribution is 6.42. The average Bonchev–Trinajstić information content (AvgIpc) is 3.47. The molecule has 0 unspecified atom stereocenters. The number of nitrogens with two attached hydrogens (primary N) is 1. The van der Waals surface area contributed by atoms with Crippen LogP contribution in [-0.2, 0) is 11.2 Å². The Morgan fingerprint density at radius 2 is 1.92 bits per heavy atom. The first-order valence-electron chi connectivity index (χ1n) is 12.8. The Bertz CT molecular complexity index is 1330. The highest BCUT2D eigenvalue weighted by Crippen LogP contribution is 2.32. The van der Waals surface area contributed by atoms with E-state index in [2.05, 4.69) is 15.0 Å². The Hall–Kier alpha value is -2.74. The molecule has 0 bridgehead atoms. The number of aliphatic hydroxyl groups excluding tert-OH is 3. The first-order chi connectivity index (χ1) is 18.7. The number of aliphatic hydroxyl groups is 3.